The van der Waals surface area contributed by atoms with Crippen molar-refractivity contribution in [3.63, 3.8) is 0 Å². The Morgan fingerprint density at radius 1 is 1.43 bits per heavy atom. The highest BCUT2D eigenvalue weighted by molar-refractivity contribution is 6.31. The molecule has 0 aliphatic rings. The predicted molar refractivity (Wildman–Crippen MR) is 71.1 cm³/mol. The summed E-state index contributed by atoms with van der Waals surface area (Å²) < 4.78 is 56.1. The van der Waals surface area contributed by atoms with E-state index in [0.717, 1.165) is 0 Å². The van der Waals surface area contributed by atoms with Crippen LogP contribution in [0.2, 0.25) is 5.02 Å². The molecular formula is C12H18ClF4N3O. The lowest BCUT2D eigenvalue weighted by Crippen LogP contribution is -2.35. The molecule has 21 heavy (non-hydrogen) atoms. The van der Waals surface area contributed by atoms with Crippen molar-refractivity contribution in [3.05, 3.63) is 16.9 Å². The summed E-state index contributed by atoms with van der Waals surface area (Å²) >= 11 is 6.03. The summed E-state index contributed by atoms with van der Waals surface area (Å²) in [5.74, 6) is -4.16. The van der Waals surface area contributed by atoms with E-state index in [1.165, 1.54) is 6.20 Å². The topological polar surface area (TPSA) is 39.1 Å². The molecule has 1 rings (SSSR count). The van der Waals surface area contributed by atoms with Gasteiger partial charge in [0.2, 0.25) is 0 Å². The van der Waals surface area contributed by atoms with E-state index in [9.17, 15) is 17.6 Å². The number of hydrogen-bond acceptors (Lipinski definition) is 3. The van der Waals surface area contributed by atoms with Crippen LogP contribution in [0.15, 0.2) is 6.20 Å². The number of nitrogens with zero attached hydrogens (tertiary/aromatic N) is 2. The summed E-state index contributed by atoms with van der Waals surface area (Å²) in [6.45, 7) is 3.19. The van der Waals surface area contributed by atoms with Gasteiger partial charge in [-0.3, -0.25) is 4.68 Å². The predicted octanol–water partition coefficient (Wildman–Crippen LogP) is 3.12. The molecule has 0 aliphatic carbocycles. The van der Waals surface area contributed by atoms with Gasteiger partial charge in [-0.1, -0.05) is 18.5 Å². The molecule has 0 bridgehead atoms. The van der Waals surface area contributed by atoms with Crippen LogP contribution in [0.1, 0.15) is 25.6 Å². The number of likely N-dealkylation sites (N-methyl/N-ethyl adjacent to an activating group) is 1. The van der Waals surface area contributed by atoms with Crippen LogP contribution >= 0.6 is 11.6 Å². The van der Waals surface area contributed by atoms with Crippen molar-refractivity contribution in [3.8, 4) is 0 Å². The third-order valence-electron chi connectivity index (χ3n) is 2.81. The molecule has 0 spiro atoms. The lowest BCUT2D eigenvalue weighted by atomic mass is 10.2. The van der Waals surface area contributed by atoms with E-state index < -0.39 is 25.0 Å². The quantitative estimate of drug-likeness (QED) is 0.707. The molecule has 0 saturated heterocycles. The average Bonchev–Trinajstić information content (AvgIpc) is 2.78. The largest absolute Gasteiger partial charge is 0.373 e. The maximum absolute atomic E-state index is 12.8. The number of aromatic nitrogens is 2. The van der Waals surface area contributed by atoms with Gasteiger partial charge in [-0.05, 0) is 13.5 Å². The van der Waals surface area contributed by atoms with E-state index in [1.54, 1.807) is 4.68 Å². The highest BCUT2D eigenvalue weighted by atomic mass is 35.5. The summed E-state index contributed by atoms with van der Waals surface area (Å²) in [5, 5.41) is 7.42. The Labute approximate surface area is 125 Å². The molecule has 122 valence electrons. The monoisotopic (exact) mass is 331 g/mol. The smallest absolute Gasteiger partial charge is 0.330 e. The van der Waals surface area contributed by atoms with Crippen LogP contribution in [0.5, 0.6) is 0 Å². The van der Waals surface area contributed by atoms with Crippen LogP contribution < -0.4 is 5.32 Å². The molecule has 0 fully saturated rings. The molecule has 0 saturated carbocycles. The highest BCUT2D eigenvalue weighted by Crippen LogP contribution is 2.26. The van der Waals surface area contributed by atoms with Crippen molar-refractivity contribution in [2.24, 2.45) is 0 Å². The van der Waals surface area contributed by atoms with Gasteiger partial charge in [0.05, 0.1) is 29.6 Å². The molecular weight excluding hydrogens is 314 g/mol. The molecule has 1 N–H and O–H groups in total. The number of alkyl halides is 4. The van der Waals surface area contributed by atoms with Gasteiger partial charge in [0.15, 0.2) is 0 Å². The number of nitrogens with one attached hydrogen (secondary N) is 1. The van der Waals surface area contributed by atoms with Crippen molar-refractivity contribution in [1.82, 2.24) is 15.1 Å². The Morgan fingerprint density at radius 3 is 2.62 bits per heavy atom. The van der Waals surface area contributed by atoms with Crippen molar-refractivity contribution >= 4 is 11.6 Å². The number of ether oxygens (including phenoxy) is 1. The Kier molecular flexibility index (Phi) is 6.89. The normalized spacial score (nSPS) is 13.9. The molecule has 1 heterocycles. The summed E-state index contributed by atoms with van der Waals surface area (Å²) in [4.78, 5) is 0. The molecule has 0 radical (unpaired) electrons. The molecule has 1 aromatic rings. The summed E-state index contributed by atoms with van der Waals surface area (Å²) in [6.07, 6.45) is -2.31. The van der Waals surface area contributed by atoms with E-state index in [4.69, 9.17) is 16.3 Å². The van der Waals surface area contributed by atoms with Gasteiger partial charge < -0.3 is 10.1 Å². The highest BCUT2D eigenvalue weighted by Gasteiger charge is 2.41. The summed E-state index contributed by atoms with van der Waals surface area (Å²) in [6, 6.07) is -0.501. The van der Waals surface area contributed by atoms with Gasteiger partial charge in [-0.2, -0.15) is 13.9 Å². The Balaban J connectivity index is 2.72. The van der Waals surface area contributed by atoms with Gasteiger partial charge >= 0.3 is 12.3 Å². The molecule has 4 nitrogen and oxygen atoms in total. The fourth-order valence-corrected chi connectivity index (χ4v) is 2.10. The number of hydrogen-bond donors (Lipinski definition) is 1. The van der Waals surface area contributed by atoms with Crippen LogP contribution in [0.25, 0.3) is 0 Å². The van der Waals surface area contributed by atoms with Gasteiger partial charge in [0, 0.05) is 6.54 Å². The second-order valence-electron chi connectivity index (χ2n) is 4.38. The Hall–Kier alpha value is -0.860. The van der Waals surface area contributed by atoms with Gasteiger partial charge in [-0.25, -0.2) is 8.78 Å². The fraction of sp³-hybridized carbons (Fsp3) is 0.750. The van der Waals surface area contributed by atoms with Gasteiger partial charge in [0.1, 0.15) is 6.61 Å². The first kappa shape index (κ1) is 18.2. The van der Waals surface area contributed by atoms with E-state index >= 15 is 0 Å². The zero-order chi connectivity index (χ0) is 16.0. The fourth-order valence-electron chi connectivity index (χ4n) is 1.83. The minimum atomic E-state index is -4.16. The summed E-state index contributed by atoms with van der Waals surface area (Å²) in [7, 11) is 0. The van der Waals surface area contributed by atoms with E-state index in [2.05, 4.69) is 10.4 Å². The minimum absolute atomic E-state index is 0.207. The maximum Gasteiger partial charge on any atom is 0.330 e. The van der Waals surface area contributed by atoms with Gasteiger partial charge in [-0.15, -0.1) is 0 Å². The molecule has 0 aliphatic heterocycles. The van der Waals surface area contributed by atoms with Crippen LogP contribution in [0, 0.1) is 0 Å². The molecule has 0 amide bonds. The lowest BCUT2D eigenvalue weighted by molar-refractivity contribution is -0.167. The number of halogens is 5. The lowest BCUT2D eigenvalue weighted by Gasteiger charge is -2.21. The zero-order valence-corrected chi connectivity index (χ0v) is 12.5. The van der Waals surface area contributed by atoms with Crippen LogP contribution in [-0.4, -0.2) is 41.9 Å². The standard InChI is InChI=1S/C12H18ClF4N3O/c1-3-18-9(6-21-7-12(16,17)11(14)15)10-8(13)5-19-20(10)4-2/h5,9,11,18H,3-4,6-7H2,1-2H3. The average molecular weight is 332 g/mol. The van der Waals surface area contributed by atoms with Crippen molar-refractivity contribution in [2.75, 3.05) is 19.8 Å². The third kappa shape index (κ3) is 4.82. The first-order chi connectivity index (χ1) is 9.83. The minimum Gasteiger partial charge on any atom is -0.373 e. The molecule has 1 aromatic heterocycles. The number of rotatable bonds is 9. The van der Waals surface area contributed by atoms with E-state index in [-0.39, 0.29) is 6.61 Å². The molecule has 1 atom stereocenters. The molecule has 1 unspecified atom stereocenters. The first-order valence-corrected chi connectivity index (χ1v) is 6.89. The first-order valence-electron chi connectivity index (χ1n) is 6.51. The van der Waals surface area contributed by atoms with Gasteiger partial charge in [0.25, 0.3) is 0 Å². The van der Waals surface area contributed by atoms with Crippen molar-refractivity contribution in [1.29, 1.82) is 0 Å². The van der Waals surface area contributed by atoms with Crippen LogP contribution in [0.4, 0.5) is 17.6 Å². The van der Waals surface area contributed by atoms with Crippen molar-refractivity contribution < 1.29 is 22.3 Å². The second kappa shape index (κ2) is 7.95. The molecule has 0 aromatic carbocycles. The molecule has 9 heteroatoms. The van der Waals surface area contributed by atoms with E-state index in [1.807, 2.05) is 13.8 Å². The van der Waals surface area contributed by atoms with Crippen LogP contribution in [-0.2, 0) is 11.3 Å². The SMILES string of the molecule is CCNC(COCC(F)(F)C(F)F)c1c(Cl)cnn1CC. The number of aryl methyl sites for hydroxylation is 1. The zero-order valence-electron chi connectivity index (χ0n) is 11.8. The Bertz CT molecular complexity index is 442. The van der Waals surface area contributed by atoms with Crippen molar-refractivity contribution in [2.45, 2.75) is 38.8 Å². The summed E-state index contributed by atoms with van der Waals surface area (Å²) in [5.41, 5.74) is 0.585. The Morgan fingerprint density at radius 2 is 2.10 bits per heavy atom. The second-order valence-corrected chi connectivity index (χ2v) is 4.79. The van der Waals surface area contributed by atoms with Crippen LogP contribution in [0.3, 0.4) is 0 Å². The van der Waals surface area contributed by atoms with E-state index in [0.29, 0.717) is 23.8 Å². The maximum atomic E-state index is 12.8. The third-order valence-corrected chi connectivity index (χ3v) is 3.10.